The van der Waals surface area contributed by atoms with Crippen LogP contribution >= 0.6 is 0 Å². The van der Waals surface area contributed by atoms with Crippen LogP contribution in [0.4, 0.5) is 0 Å². The average Bonchev–Trinajstić information content (AvgIpc) is 3.12. The highest BCUT2D eigenvalue weighted by Gasteiger charge is 2.48. The van der Waals surface area contributed by atoms with Gasteiger partial charge in [-0.25, -0.2) is 0 Å². The Balaban J connectivity index is 1.56. The molecule has 2 aromatic carbocycles. The van der Waals surface area contributed by atoms with E-state index in [4.69, 9.17) is 0 Å². The Labute approximate surface area is 146 Å². The van der Waals surface area contributed by atoms with Crippen LogP contribution in [-0.4, -0.2) is 0 Å². The van der Waals surface area contributed by atoms with Crippen molar-refractivity contribution in [3.05, 3.63) is 58.7 Å². The largest absolute Gasteiger partial charge is 0.0850 e. The quantitative estimate of drug-likeness (QED) is 0.497. The highest BCUT2D eigenvalue weighted by Crippen LogP contribution is 2.58. The van der Waals surface area contributed by atoms with Crippen molar-refractivity contribution in [2.45, 2.75) is 64.7 Å². The summed E-state index contributed by atoms with van der Waals surface area (Å²) >= 11 is 0. The lowest BCUT2D eigenvalue weighted by atomic mass is 9.64. The molecule has 0 heteroatoms. The maximum atomic E-state index is 2.53. The molecule has 3 aliphatic rings. The fourth-order valence-electron chi connectivity index (χ4n) is 5.61. The van der Waals surface area contributed by atoms with Crippen molar-refractivity contribution >= 4 is 10.8 Å². The Kier molecular flexibility index (Phi) is 2.92. The summed E-state index contributed by atoms with van der Waals surface area (Å²) in [5.41, 5.74) is 7.31. The predicted octanol–water partition coefficient (Wildman–Crippen LogP) is 6.35. The van der Waals surface area contributed by atoms with E-state index in [0.29, 0.717) is 5.41 Å². The molecule has 1 saturated carbocycles. The lowest BCUT2D eigenvalue weighted by Crippen LogP contribution is -2.33. The molecule has 2 unspecified atom stereocenters. The van der Waals surface area contributed by atoms with Crippen LogP contribution in [0, 0.1) is 11.3 Å². The summed E-state index contributed by atoms with van der Waals surface area (Å²) in [6, 6.07) is 12.1. The predicted molar refractivity (Wildman–Crippen MR) is 103 cm³/mol. The van der Waals surface area contributed by atoms with Crippen LogP contribution in [0.2, 0.25) is 0 Å². The van der Waals surface area contributed by atoms with Crippen LogP contribution < -0.4 is 0 Å². The third kappa shape index (κ3) is 2.11. The standard InChI is InChI=1S/C24H28/c1-23(2,3)21-7-5-17-12-20-15-24(14-16-4-6-22(24)10-16)9-8-18(20)11-19(17)13-21/h4-5,7,11-13,22H,6,8-10,14-15H2,1-3H3. The molecule has 1 spiro atoms. The molecule has 2 aromatic rings. The van der Waals surface area contributed by atoms with E-state index in [-0.39, 0.29) is 5.41 Å². The molecule has 2 atom stereocenters. The van der Waals surface area contributed by atoms with Crippen molar-refractivity contribution in [3.8, 4) is 0 Å². The van der Waals surface area contributed by atoms with E-state index in [1.165, 1.54) is 54.9 Å². The van der Waals surface area contributed by atoms with Crippen LogP contribution in [0.15, 0.2) is 42.0 Å². The van der Waals surface area contributed by atoms with Crippen LogP contribution in [0.1, 0.15) is 63.1 Å². The molecule has 0 amide bonds. The number of hydrogen-bond donors (Lipinski definition) is 0. The molecule has 0 saturated heterocycles. The minimum Gasteiger partial charge on any atom is -0.0850 e. The van der Waals surface area contributed by atoms with Crippen molar-refractivity contribution in [2.24, 2.45) is 11.3 Å². The zero-order chi connectivity index (χ0) is 16.5. The van der Waals surface area contributed by atoms with Gasteiger partial charge in [-0.2, -0.15) is 0 Å². The molecular weight excluding hydrogens is 288 g/mol. The lowest BCUT2D eigenvalue weighted by molar-refractivity contribution is 0.169. The molecule has 0 N–H and O–H groups in total. The number of aryl methyl sites for hydroxylation is 1. The second-order valence-electron chi connectivity index (χ2n) is 9.65. The Morgan fingerprint density at radius 3 is 2.50 bits per heavy atom. The van der Waals surface area contributed by atoms with Gasteiger partial charge in [0.2, 0.25) is 0 Å². The first-order chi connectivity index (χ1) is 11.4. The summed E-state index contributed by atoms with van der Waals surface area (Å²) in [4.78, 5) is 0. The highest BCUT2D eigenvalue weighted by atomic mass is 14.5. The lowest BCUT2D eigenvalue weighted by Gasteiger charge is -2.40. The van der Waals surface area contributed by atoms with Crippen molar-refractivity contribution in [1.29, 1.82) is 0 Å². The van der Waals surface area contributed by atoms with Crippen molar-refractivity contribution in [1.82, 2.24) is 0 Å². The van der Waals surface area contributed by atoms with E-state index in [2.05, 4.69) is 57.2 Å². The van der Waals surface area contributed by atoms with Crippen molar-refractivity contribution < 1.29 is 0 Å². The fourth-order valence-corrected chi connectivity index (χ4v) is 5.61. The maximum Gasteiger partial charge on any atom is -0.0132 e. The first-order valence-electron chi connectivity index (χ1n) is 9.67. The number of benzene rings is 2. The zero-order valence-electron chi connectivity index (χ0n) is 15.3. The molecule has 0 nitrogen and oxygen atoms in total. The molecule has 0 heterocycles. The summed E-state index contributed by atoms with van der Waals surface area (Å²) < 4.78 is 0. The van der Waals surface area contributed by atoms with E-state index in [9.17, 15) is 0 Å². The van der Waals surface area contributed by atoms with Crippen LogP contribution in [0.5, 0.6) is 0 Å². The summed E-state index contributed by atoms with van der Waals surface area (Å²) in [6.07, 6.45) is 10.7. The Morgan fingerprint density at radius 1 is 0.958 bits per heavy atom. The second kappa shape index (κ2) is 4.75. The van der Waals surface area contributed by atoms with Gasteiger partial charge in [0.05, 0.1) is 0 Å². The van der Waals surface area contributed by atoms with Gasteiger partial charge >= 0.3 is 0 Å². The fraction of sp³-hybridized carbons (Fsp3) is 0.500. The first-order valence-corrected chi connectivity index (χ1v) is 9.67. The van der Waals surface area contributed by atoms with E-state index in [0.717, 1.165) is 5.92 Å². The van der Waals surface area contributed by atoms with Gasteiger partial charge < -0.3 is 0 Å². The van der Waals surface area contributed by atoms with Crippen LogP contribution in [0.3, 0.4) is 0 Å². The van der Waals surface area contributed by atoms with Gasteiger partial charge in [0.25, 0.3) is 0 Å². The summed E-state index contributed by atoms with van der Waals surface area (Å²) in [5.74, 6) is 0.944. The molecule has 124 valence electrons. The summed E-state index contributed by atoms with van der Waals surface area (Å²) in [7, 11) is 0. The molecule has 24 heavy (non-hydrogen) atoms. The number of rotatable bonds is 0. The minimum absolute atomic E-state index is 0.227. The van der Waals surface area contributed by atoms with E-state index in [1.807, 2.05) is 0 Å². The zero-order valence-corrected chi connectivity index (χ0v) is 15.3. The second-order valence-corrected chi connectivity index (χ2v) is 9.65. The van der Waals surface area contributed by atoms with E-state index < -0.39 is 0 Å². The van der Waals surface area contributed by atoms with Crippen molar-refractivity contribution in [2.75, 3.05) is 0 Å². The Bertz CT molecular complexity index is 861. The molecule has 0 radical (unpaired) electrons. The molecule has 0 aromatic heterocycles. The van der Waals surface area contributed by atoms with Gasteiger partial charge in [-0.3, -0.25) is 0 Å². The highest BCUT2D eigenvalue weighted by molar-refractivity contribution is 5.85. The smallest absolute Gasteiger partial charge is 0.0132 e. The monoisotopic (exact) mass is 316 g/mol. The van der Waals surface area contributed by atoms with Crippen molar-refractivity contribution in [3.63, 3.8) is 0 Å². The molecule has 2 bridgehead atoms. The van der Waals surface area contributed by atoms with Gasteiger partial charge in [0, 0.05) is 0 Å². The summed E-state index contributed by atoms with van der Waals surface area (Å²) in [6.45, 7) is 6.92. The Morgan fingerprint density at radius 2 is 1.79 bits per heavy atom. The molecule has 5 rings (SSSR count). The molecule has 1 fully saturated rings. The SMILES string of the molecule is CC(C)(C)c1ccc2cc3c(cc2c1)CCC1(CC2=CCC1C2)C3. The maximum absolute atomic E-state index is 2.53. The van der Waals surface area contributed by atoms with E-state index >= 15 is 0 Å². The summed E-state index contributed by atoms with van der Waals surface area (Å²) in [5, 5.41) is 2.87. The third-order valence-electron chi connectivity index (χ3n) is 7.10. The average molecular weight is 316 g/mol. The van der Waals surface area contributed by atoms with E-state index in [1.54, 1.807) is 16.7 Å². The number of allylic oxidation sites excluding steroid dienone is 2. The van der Waals surface area contributed by atoms with Gasteiger partial charge in [-0.05, 0) is 82.7 Å². The third-order valence-corrected chi connectivity index (χ3v) is 7.10. The van der Waals surface area contributed by atoms with Gasteiger partial charge in [0.1, 0.15) is 0 Å². The topological polar surface area (TPSA) is 0 Å². The van der Waals surface area contributed by atoms with Crippen LogP contribution in [0.25, 0.3) is 10.8 Å². The molecular formula is C24H28. The minimum atomic E-state index is 0.227. The number of fused-ring (bicyclic) bond motifs is 5. The van der Waals surface area contributed by atoms with Gasteiger partial charge in [-0.1, -0.05) is 62.8 Å². The molecule has 0 aliphatic heterocycles. The first kappa shape index (κ1) is 14.8. The molecule has 3 aliphatic carbocycles. The normalized spacial score (nSPS) is 28.5. The van der Waals surface area contributed by atoms with Crippen LogP contribution in [-0.2, 0) is 18.3 Å². The number of hydrogen-bond acceptors (Lipinski definition) is 0. The van der Waals surface area contributed by atoms with Gasteiger partial charge in [-0.15, -0.1) is 0 Å². The van der Waals surface area contributed by atoms with Gasteiger partial charge in [0.15, 0.2) is 0 Å². The Hall–Kier alpha value is -1.56.